The van der Waals surface area contributed by atoms with Crippen LogP contribution in [0.3, 0.4) is 0 Å². The Hall–Kier alpha value is -1.25. The third-order valence-corrected chi connectivity index (χ3v) is 5.10. The van der Waals surface area contributed by atoms with Crippen LogP contribution in [0.5, 0.6) is 0 Å². The molecule has 1 heterocycles. The molecule has 120 valence electrons. The molecule has 4 unspecified atom stereocenters. The fourth-order valence-corrected chi connectivity index (χ4v) is 3.23. The van der Waals surface area contributed by atoms with Crippen LogP contribution < -0.4 is 0 Å². The first kappa shape index (κ1) is 16.1. The summed E-state index contributed by atoms with van der Waals surface area (Å²) in [6.07, 6.45) is 0.500. The third kappa shape index (κ3) is 2.75. The summed E-state index contributed by atoms with van der Waals surface area (Å²) in [5.74, 6) is -3.02. The lowest BCUT2D eigenvalue weighted by Gasteiger charge is -2.24. The van der Waals surface area contributed by atoms with Gasteiger partial charge in [-0.15, -0.1) is 0 Å². The zero-order valence-electron chi connectivity index (χ0n) is 11.5. The van der Waals surface area contributed by atoms with Crippen LogP contribution in [0, 0.1) is 11.8 Å². The quantitative estimate of drug-likeness (QED) is 0.713. The molecule has 0 spiro atoms. The van der Waals surface area contributed by atoms with E-state index in [0.29, 0.717) is 12.8 Å². The number of alkyl halides is 2. The average molecular weight is 326 g/mol. The lowest BCUT2D eigenvalue weighted by atomic mass is 9.91. The monoisotopic (exact) mass is 326 g/mol. The summed E-state index contributed by atoms with van der Waals surface area (Å²) in [6.45, 7) is 1.31. The van der Waals surface area contributed by atoms with Crippen molar-refractivity contribution < 1.29 is 36.3 Å². The van der Waals surface area contributed by atoms with Crippen molar-refractivity contribution in [3.8, 4) is 0 Å². The molecule has 0 radical (unpaired) electrons. The van der Waals surface area contributed by atoms with Crippen molar-refractivity contribution in [1.29, 1.82) is 0 Å². The Morgan fingerprint density at radius 1 is 1.43 bits per heavy atom. The molecular formula is C12H16F2O6S. The van der Waals surface area contributed by atoms with Crippen LogP contribution >= 0.6 is 0 Å². The lowest BCUT2D eigenvalue weighted by molar-refractivity contribution is -0.175. The van der Waals surface area contributed by atoms with Crippen molar-refractivity contribution in [3.63, 3.8) is 0 Å². The van der Waals surface area contributed by atoms with Crippen LogP contribution in [0.15, 0.2) is 0 Å². The third-order valence-electron chi connectivity index (χ3n) is 4.01. The Labute approximate surface area is 120 Å². The van der Waals surface area contributed by atoms with E-state index >= 15 is 0 Å². The molecule has 0 bridgehead atoms. The number of hydrogen-bond acceptors (Lipinski definition) is 6. The highest BCUT2D eigenvalue weighted by molar-refractivity contribution is 7.92. The van der Waals surface area contributed by atoms with Crippen LogP contribution in [0.4, 0.5) is 8.78 Å². The van der Waals surface area contributed by atoms with E-state index in [1.54, 1.807) is 0 Å². The van der Waals surface area contributed by atoms with E-state index in [4.69, 9.17) is 4.74 Å². The number of hydrogen-bond donors (Lipinski definition) is 0. The Balaban J connectivity index is 2.07. The summed E-state index contributed by atoms with van der Waals surface area (Å²) < 4.78 is 58.1. The minimum atomic E-state index is -4.91. The molecule has 1 saturated carbocycles. The molecule has 0 N–H and O–H groups in total. The average Bonchev–Trinajstić information content (AvgIpc) is 2.92. The van der Waals surface area contributed by atoms with E-state index in [9.17, 15) is 26.8 Å². The SMILES string of the molecule is CC(OC(=O)C(F)(F)S(C)(=O)=O)C1OC(=O)C2CCCC21. The van der Waals surface area contributed by atoms with Crippen molar-refractivity contribution in [2.75, 3.05) is 6.26 Å². The molecule has 4 atom stereocenters. The summed E-state index contributed by atoms with van der Waals surface area (Å²) >= 11 is 0. The van der Waals surface area contributed by atoms with E-state index in [1.165, 1.54) is 6.92 Å². The van der Waals surface area contributed by atoms with Gasteiger partial charge in [0, 0.05) is 12.2 Å². The molecule has 1 saturated heterocycles. The summed E-state index contributed by atoms with van der Waals surface area (Å²) in [5.41, 5.74) is 0. The van der Waals surface area contributed by atoms with E-state index in [-0.39, 0.29) is 18.1 Å². The van der Waals surface area contributed by atoms with Gasteiger partial charge in [-0.05, 0) is 19.8 Å². The summed E-state index contributed by atoms with van der Waals surface area (Å²) in [5, 5.41) is -4.61. The van der Waals surface area contributed by atoms with Gasteiger partial charge in [0.15, 0.2) is 0 Å². The second kappa shape index (κ2) is 5.19. The molecule has 2 aliphatic rings. The molecule has 0 aromatic heterocycles. The first-order valence-electron chi connectivity index (χ1n) is 6.54. The predicted octanol–water partition coefficient (Wildman–Crippen LogP) is 0.897. The molecule has 9 heteroatoms. The maximum absolute atomic E-state index is 13.3. The van der Waals surface area contributed by atoms with E-state index < -0.39 is 39.2 Å². The molecule has 6 nitrogen and oxygen atoms in total. The molecule has 0 aromatic rings. The minimum absolute atomic E-state index is 0.174. The number of fused-ring (bicyclic) bond motifs is 1. The number of rotatable bonds is 4. The Morgan fingerprint density at radius 2 is 2.05 bits per heavy atom. The summed E-state index contributed by atoms with van der Waals surface area (Å²) in [7, 11) is -4.91. The highest BCUT2D eigenvalue weighted by atomic mass is 32.2. The second-order valence-corrected chi connectivity index (χ2v) is 7.56. The Bertz CT molecular complexity index is 558. The number of carbonyl (C=O) groups is 2. The number of cyclic esters (lactones) is 1. The van der Waals surface area contributed by atoms with Gasteiger partial charge >= 0.3 is 17.2 Å². The van der Waals surface area contributed by atoms with Gasteiger partial charge in [0.2, 0.25) is 9.84 Å². The first-order valence-corrected chi connectivity index (χ1v) is 8.44. The second-order valence-electron chi connectivity index (χ2n) is 5.50. The van der Waals surface area contributed by atoms with Gasteiger partial charge in [0.25, 0.3) is 0 Å². The smallest absolute Gasteiger partial charge is 0.439 e. The minimum Gasteiger partial charge on any atom is -0.458 e. The lowest BCUT2D eigenvalue weighted by Crippen LogP contribution is -2.43. The van der Waals surface area contributed by atoms with Crippen LogP contribution in [-0.2, 0) is 28.9 Å². The molecular weight excluding hydrogens is 310 g/mol. The van der Waals surface area contributed by atoms with Gasteiger partial charge in [-0.3, -0.25) is 4.79 Å². The zero-order chi connectivity index (χ0) is 16.0. The van der Waals surface area contributed by atoms with Gasteiger partial charge in [0.1, 0.15) is 12.2 Å². The molecule has 0 amide bonds. The molecule has 1 aliphatic heterocycles. The molecule has 1 aliphatic carbocycles. The van der Waals surface area contributed by atoms with Crippen LogP contribution in [0.2, 0.25) is 0 Å². The number of ether oxygens (including phenoxy) is 2. The van der Waals surface area contributed by atoms with Crippen molar-refractivity contribution >= 4 is 21.8 Å². The van der Waals surface area contributed by atoms with Gasteiger partial charge in [-0.1, -0.05) is 6.42 Å². The van der Waals surface area contributed by atoms with E-state index in [2.05, 4.69) is 4.74 Å². The van der Waals surface area contributed by atoms with E-state index in [1.807, 2.05) is 0 Å². The largest absolute Gasteiger partial charge is 0.458 e. The highest BCUT2D eigenvalue weighted by Gasteiger charge is 2.55. The normalized spacial score (nSPS) is 30.7. The van der Waals surface area contributed by atoms with Crippen molar-refractivity contribution in [3.05, 3.63) is 0 Å². The van der Waals surface area contributed by atoms with Crippen molar-refractivity contribution in [2.45, 2.75) is 43.6 Å². The number of carbonyl (C=O) groups excluding carboxylic acids is 2. The molecule has 2 rings (SSSR count). The topological polar surface area (TPSA) is 86.7 Å². The number of halogens is 2. The summed E-state index contributed by atoms with van der Waals surface area (Å²) in [4.78, 5) is 23.0. The number of esters is 2. The van der Waals surface area contributed by atoms with E-state index in [0.717, 1.165) is 6.42 Å². The van der Waals surface area contributed by atoms with Gasteiger partial charge < -0.3 is 9.47 Å². The first-order chi connectivity index (χ1) is 9.55. The Kier molecular flexibility index (Phi) is 3.98. The van der Waals surface area contributed by atoms with Crippen molar-refractivity contribution in [2.24, 2.45) is 11.8 Å². The van der Waals surface area contributed by atoms with Crippen LogP contribution in [-0.4, -0.2) is 44.1 Å². The molecule has 0 aromatic carbocycles. The number of sulfone groups is 1. The van der Waals surface area contributed by atoms with Crippen LogP contribution in [0.1, 0.15) is 26.2 Å². The molecule has 21 heavy (non-hydrogen) atoms. The molecule has 2 fully saturated rings. The van der Waals surface area contributed by atoms with Gasteiger partial charge in [-0.2, -0.15) is 8.78 Å². The van der Waals surface area contributed by atoms with Gasteiger partial charge in [0.05, 0.1) is 5.92 Å². The maximum atomic E-state index is 13.3. The standard InChI is InChI=1S/C12H16F2O6S/c1-6(19-11(16)12(13,14)21(2,17)18)9-7-4-3-5-8(7)10(15)20-9/h6-9H,3-5H2,1-2H3. The highest BCUT2D eigenvalue weighted by Crippen LogP contribution is 2.43. The fourth-order valence-electron chi connectivity index (χ4n) is 2.88. The van der Waals surface area contributed by atoms with Gasteiger partial charge in [-0.25, -0.2) is 13.2 Å². The zero-order valence-corrected chi connectivity index (χ0v) is 12.4. The predicted molar refractivity (Wildman–Crippen MR) is 66.1 cm³/mol. The van der Waals surface area contributed by atoms with Crippen LogP contribution in [0.25, 0.3) is 0 Å². The fraction of sp³-hybridized carbons (Fsp3) is 0.833. The summed E-state index contributed by atoms with van der Waals surface area (Å²) in [6, 6.07) is 0. The maximum Gasteiger partial charge on any atom is 0.439 e. The van der Waals surface area contributed by atoms with Crippen molar-refractivity contribution in [1.82, 2.24) is 0 Å². The Morgan fingerprint density at radius 3 is 2.62 bits per heavy atom.